The lowest BCUT2D eigenvalue weighted by Gasteiger charge is -2.02. The van der Waals surface area contributed by atoms with E-state index in [0.29, 0.717) is 11.6 Å². The van der Waals surface area contributed by atoms with E-state index in [1.807, 2.05) is 0 Å². The summed E-state index contributed by atoms with van der Waals surface area (Å²) in [4.78, 5) is 11.9. The van der Waals surface area contributed by atoms with Gasteiger partial charge in [0.05, 0.1) is 5.56 Å². The smallest absolute Gasteiger partial charge is 0.322 e. The number of aromatic nitrogens is 2. The minimum absolute atomic E-state index is 0.0145. The van der Waals surface area contributed by atoms with Crippen LogP contribution in [0.4, 0.5) is 19.2 Å². The second kappa shape index (κ2) is 5.91. The number of benzene rings is 2. The average molecular weight is 319 g/mol. The Bertz CT molecular complexity index is 880. The fourth-order valence-corrected chi connectivity index (χ4v) is 1.85. The van der Waals surface area contributed by atoms with E-state index in [2.05, 4.69) is 15.5 Å². The first-order chi connectivity index (χ1) is 11.0. The van der Waals surface area contributed by atoms with Gasteiger partial charge in [0.1, 0.15) is 17.5 Å². The molecule has 3 rings (SSSR count). The Morgan fingerprint density at radius 1 is 1.00 bits per heavy atom. The first-order valence-electron chi connectivity index (χ1n) is 6.39. The monoisotopic (exact) mass is 319 g/mol. The third-order valence-electron chi connectivity index (χ3n) is 2.89. The quantitative estimate of drug-likeness (QED) is 0.803. The Balaban J connectivity index is 1.80. The molecule has 1 aromatic heterocycles. The highest BCUT2D eigenvalue weighted by Gasteiger charge is 2.16. The van der Waals surface area contributed by atoms with Gasteiger partial charge >= 0.3 is 6.01 Å². The number of hydrogen-bond acceptors (Lipinski definition) is 4. The summed E-state index contributed by atoms with van der Waals surface area (Å²) in [5, 5.41) is 9.41. The molecule has 116 valence electrons. The van der Waals surface area contributed by atoms with Gasteiger partial charge in [0.25, 0.3) is 5.91 Å². The molecule has 2 aromatic carbocycles. The average Bonchev–Trinajstić information content (AvgIpc) is 2.95. The maximum absolute atomic E-state index is 13.5. The summed E-state index contributed by atoms with van der Waals surface area (Å²) in [6, 6.07) is 7.66. The Morgan fingerprint density at radius 3 is 2.52 bits per heavy atom. The van der Waals surface area contributed by atoms with Gasteiger partial charge in [-0.2, -0.15) is 0 Å². The molecule has 0 aliphatic rings. The van der Waals surface area contributed by atoms with Crippen LogP contribution in [0.3, 0.4) is 0 Å². The molecule has 0 unspecified atom stereocenters. The van der Waals surface area contributed by atoms with Crippen LogP contribution in [0.5, 0.6) is 0 Å². The molecule has 1 N–H and O–H groups in total. The number of nitrogens with zero attached hydrogens (tertiary/aromatic N) is 2. The minimum atomic E-state index is -1.02. The van der Waals surface area contributed by atoms with Crippen molar-refractivity contribution in [3.05, 3.63) is 65.5 Å². The first kappa shape index (κ1) is 14.8. The SMILES string of the molecule is O=C(Nc1nnc(-c2cccc(F)c2)o1)c1ccc(F)cc1F. The summed E-state index contributed by atoms with van der Waals surface area (Å²) >= 11 is 0. The van der Waals surface area contributed by atoms with Crippen LogP contribution in [0.25, 0.3) is 11.5 Å². The van der Waals surface area contributed by atoms with Crippen LogP contribution in [-0.2, 0) is 0 Å². The number of hydrogen-bond donors (Lipinski definition) is 1. The predicted molar refractivity (Wildman–Crippen MR) is 74.0 cm³/mol. The summed E-state index contributed by atoms with van der Waals surface area (Å²) in [7, 11) is 0. The van der Waals surface area contributed by atoms with Crippen LogP contribution < -0.4 is 5.32 Å². The highest BCUT2D eigenvalue weighted by molar-refractivity contribution is 6.03. The molecule has 3 aromatic rings. The van der Waals surface area contributed by atoms with E-state index in [-0.39, 0.29) is 17.5 Å². The second-order valence-corrected chi connectivity index (χ2v) is 4.50. The second-order valence-electron chi connectivity index (χ2n) is 4.50. The Labute approximate surface area is 127 Å². The summed E-state index contributed by atoms with van der Waals surface area (Å²) in [5.41, 5.74) is -0.0529. The third kappa shape index (κ3) is 3.20. The van der Waals surface area contributed by atoms with E-state index >= 15 is 0 Å². The van der Waals surface area contributed by atoms with Gasteiger partial charge in [-0.1, -0.05) is 11.2 Å². The molecule has 1 amide bonds. The highest BCUT2D eigenvalue weighted by atomic mass is 19.1. The highest BCUT2D eigenvalue weighted by Crippen LogP contribution is 2.21. The van der Waals surface area contributed by atoms with Gasteiger partial charge in [0.2, 0.25) is 5.89 Å². The summed E-state index contributed by atoms with van der Waals surface area (Å²) in [5.74, 6) is -3.20. The van der Waals surface area contributed by atoms with Crippen LogP contribution >= 0.6 is 0 Å². The van der Waals surface area contributed by atoms with Crippen molar-refractivity contribution in [2.24, 2.45) is 0 Å². The number of rotatable bonds is 3. The van der Waals surface area contributed by atoms with Crippen molar-refractivity contribution in [1.82, 2.24) is 10.2 Å². The van der Waals surface area contributed by atoms with E-state index < -0.39 is 23.4 Å². The first-order valence-corrected chi connectivity index (χ1v) is 6.39. The van der Waals surface area contributed by atoms with E-state index in [1.54, 1.807) is 6.07 Å². The predicted octanol–water partition coefficient (Wildman–Crippen LogP) is 3.41. The number of carbonyl (C=O) groups is 1. The van der Waals surface area contributed by atoms with Crippen LogP contribution in [0.1, 0.15) is 10.4 Å². The molecule has 0 bridgehead atoms. The van der Waals surface area contributed by atoms with Gasteiger partial charge < -0.3 is 4.42 Å². The van der Waals surface area contributed by atoms with Crippen LogP contribution in [0.15, 0.2) is 46.9 Å². The van der Waals surface area contributed by atoms with E-state index in [9.17, 15) is 18.0 Å². The van der Waals surface area contributed by atoms with Gasteiger partial charge in [0.15, 0.2) is 0 Å². The number of anilines is 1. The molecule has 23 heavy (non-hydrogen) atoms. The molecule has 0 atom stereocenters. The molecule has 0 aliphatic heterocycles. The Hall–Kier alpha value is -3.16. The van der Waals surface area contributed by atoms with Gasteiger partial charge in [0, 0.05) is 11.6 Å². The molecule has 8 heteroatoms. The Kier molecular flexibility index (Phi) is 3.80. The van der Waals surface area contributed by atoms with Crippen molar-refractivity contribution in [2.75, 3.05) is 5.32 Å². The molecule has 0 fully saturated rings. The van der Waals surface area contributed by atoms with Crippen LogP contribution in [0, 0.1) is 17.5 Å². The molecule has 0 saturated carbocycles. The summed E-state index contributed by atoms with van der Waals surface area (Å²) in [6.07, 6.45) is 0. The lowest BCUT2D eigenvalue weighted by molar-refractivity contribution is 0.102. The number of nitrogens with one attached hydrogen (secondary N) is 1. The van der Waals surface area contributed by atoms with E-state index in [4.69, 9.17) is 4.42 Å². The molecule has 0 aliphatic carbocycles. The normalized spacial score (nSPS) is 10.6. The molecule has 5 nitrogen and oxygen atoms in total. The molecule has 0 saturated heterocycles. The van der Waals surface area contributed by atoms with Crippen LogP contribution in [0.2, 0.25) is 0 Å². The van der Waals surface area contributed by atoms with Gasteiger partial charge in [-0.05, 0) is 30.3 Å². The molecular formula is C15H8F3N3O2. The van der Waals surface area contributed by atoms with Gasteiger partial charge in [-0.15, -0.1) is 5.10 Å². The zero-order valence-electron chi connectivity index (χ0n) is 11.4. The van der Waals surface area contributed by atoms with Crippen LogP contribution in [-0.4, -0.2) is 16.1 Å². The van der Waals surface area contributed by atoms with Gasteiger partial charge in [-0.25, -0.2) is 13.2 Å². The largest absolute Gasteiger partial charge is 0.403 e. The van der Waals surface area contributed by atoms with Crippen molar-refractivity contribution in [2.45, 2.75) is 0 Å². The van der Waals surface area contributed by atoms with E-state index in [1.165, 1.54) is 18.2 Å². The van der Waals surface area contributed by atoms with Crippen molar-refractivity contribution < 1.29 is 22.4 Å². The molecule has 1 heterocycles. The summed E-state index contributed by atoms with van der Waals surface area (Å²) in [6.45, 7) is 0. The summed E-state index contributed by atoms with van der Waals surface area (Å²) < 4.78 is 44.6. The van der Waals surface area contributed by atoms with Crippen molar-refractivity contribution in [3.8, 4) is 11.5 Å². The number of amides is 1. The van der Waals surface area contributed by atoms with Crippen molar-refractivity contribution >= 4 is 11.9 Å². The van der Waals surface area contributed by atoms with Crippen molar-refractivity contribution in [3.63, 3.8) is 0 Å². The fraction of sp³-hybridized carbons (Fsp3) is 0. The number of halogens is 3. The zero-order valence-corrected chi connectivity index (χ0v) is 11.4. The number of carbonyl (C=O) groups excluding carboxylic acids is 1. The maximum atomic E-state index is 13.5. The lowest BCUT2D eigenvalue weighted by atomic mass is 10.2. The zero-order chi connectivity index (χ0) is 16.4. The fourth-order valence-electron chi connectivity index (χ4n) is 1.85. The standard InChI is InChI=1S/C15H8F3N3O2/c16-9-3-1-2-8(6-9)14-20-21-15(23-14)19-13(22)11-5-4-10(17)7-12(11)18/h1-7H,(H,19,21,22). The minimum Gasteiger partial charge on any atom is -0.403 e. The molecular weight excluding hydrogens is 311 g/mol. The topological polar surface area (TPSA) is 68.0 Å². The molecule has 0 radical (unpaired) electrons. The maximum Gasteiger partial charge on any atom is 0.322 e. The lowest BCUT2D eigenvalue weighted by Crippen LogP contribution is -2.14. The molecule has 0 spiro atoms. The van der Waals surface area contributed by atoms with Crippen molar-refractivity contribution in [1.29, 1.82) is 0 Å². The third-order valence-corrected chi connectivity index (χ3v) is 2.89. The Morgan fingerprint density at radius 2 is 1.78 bits per heavy atom. The van der Waals surface area contributed by atoms with Gasteiger partial charge in [-0.3, -0.25) is 10.1 Å². The van der Waals surface area contributed by atoms with E-state index in [0.717, 1.165) is 12.1 Å².